The Labute approximate surface area is 106 Å². The van der Waals surface area contributed by atoms with Crippen LogP contribution in [0, 0.1) is 0 Å². The summed E-state index contributed by atoms with van der Waals surface area (Å²) in [5, 5.41) is 3.47. The predicted octanol–water partition coefficient (Wildman–Crippen LogP) is 3.12. The number of amides is 2. The lowest BCUT2D eigenvalue weighted by molar-refractivity contribution is 0.212. The summed E-state index contributed by atoms with van der Waals surface area (Å²) in [6.45, 7) is 1.72. The summed E-state index contributed by atoms with van der Waals surface area (Å²) in [5.74, 6) is 0. The van der Waals surface area contributed by atoms with Crippen LogP contribution >= 0.6 is 11.6 Å². The molecule has 1 saturated heterocycles. The number of carbonyl (C=O) groups excluding carboxylic acids is 1. The molecule has 0 atom stereocenters. The third-order valence-electron chi connectivity index (χ3n) is 2.75. The van der Waals surface area contributed by atoms with Gasteiger partial charge >= 0.3 is 6.03 Å². The van der Waals surface area contributed by atoms with E-state index in [1.807, 2.05) is 35.2 Å². The first kappa shape index (κ1) is 12.0. The third kappa shape index (κ3) is 3.49. The fourth-order valence-corrected chi connectivity index (χ4v) is 1.92. The molecule has 0 radical (unpaired) electrons. The summed E-state index contributed by atoms with van der Waals surface area (Å²) >= 11 is 5.78. The van der Waals surface area contributed by atoms with E-state index in [2.05, 4.69) is 5.32 Å². The maximum atomic E-state index is 11.6. The summed E-state index contributed by atoms with van der Waals surface area (Å²) in [5.41, 5.74) is 1.01. The minimum absolute atomic E-state index is 0.0206. The van der Waals surface area contributed by atoms with Crippen LogP contribution in [0.3, 0.4) is 0 Å². The summed E-state index contributed by atoms with van der Waals surface area (Å²) < 4.78 is 0. The second-order valence-corrected chi connectivity index (χ2v) is 4.46. The molecule has 1 N–H and O–H groups in total. The van der Waals surface area contributed by atoms with E-state index in [9.17, 15) is 4.79 Å². The Morgan fingerprint density at radius 2 is 1.88 bits per heavy atom. The van der Waals surface area contributed by atoms with Gasteiger partial charge in [-0.15, -0.1) is 0 Å². The summed E-state index contributed by atoms with van der Waals surface area (Å²) in [4.78, 5) is 13.5. The fourth-order valence-electron chi connectivity index (χ4n) is 1.79. The first-order valence-corrected chi connectivity index (χ1v) is 6.11. The van der Waals surface area contributed by atoms with Gasteiger partial charge in [0.25, 0.3) is 0 Å². The Kier molecular flexibility index (Phi) is 4.04. The molecule has 90 valence electrons. The van der Waals surface area contributed by atoms with E-state index < -0.39 is 0 Å². The van der Waals surface area contributed by atoms with Crippen LogP contribution in [0.25, 0.3) is 6.08 Å². The normalized spacial score (nSPS) is 15.5. The number of nitrogens with zero attached hydrogens (tertiary/aromatic N) is 1. The van der Waals surface area contributed by atoms with Crippen LogP contribution in [-0.2, 0) is 0 Å². The summed E-state index contributed by atoms with van der Waals surface area (Å²) in [6.07, 6.45) is 5.73. The molecule has 3 nitrogen and oxygen atoms in total. The zero-order chi connectivity index (χ0) is 12.1. The fraction of sp³-hybridized carbons (Fsp3) is 0.308. The standard InChI is InChI=1S/C13H15ClN2O/c14-12-5-3-11(4-6-12)7-8-15-13(17)16-9-1-2-10-16/h3-8H,1-2,9-10H2,(H,15,17)/b8-7+. The molecule has 1 aromatic rings. The molecule has 0 saturated carbocycles. The van der Waals surface area contributed by atoms with Gasteiger partial charge in [0, 0.05) is 24.3 Å². The first-order valence-electron chi connectivity index (χ1n) is 5.73. The SMILES string of the molecule is O=C(N/C=C/c1ccc(Cl)cc1)N1CCCC1. The molecule has 1 aromatic carbocycles. The molecule has 2 amide bonds. The van der Waals surface area contributed by atoms with Gasteiger partial charge in [0.2, 0.25) is 0 Å². The number of halogens is 1. The predicted molar refractivity (Wildman–Crippen MR) is 69.8 cm³/mol. The molecule has 4 heteroatoms. The minimum Gasteiger partial charge on any atom is -0.325 e. The molecule has 2 rings (SSSR count). The van der Waals surface area contributed by atoms with E-state index in [1.54, 1.807) is 6.20 Å². The van der Waals surface area contributed by atoms with Gasteiger partial charge in [-0.3, -0.25) is 0 Å². The highest BCUT2D eigenvalue weighted by atomic mass is 35.5. The number of likely N-dealkylation sites (tertiary alicyclic amines) is 1. The van der Waals surface area contributed by atoms with Gasteiger partial charge in [-0.2, -0.15) is 0 Å². The molecule has 1 heterocycles. The Bertz CT molecular complexity index is 408. The van der Waals surface area contributed by atoms with Gasteiger partial charge in [0.05, 0.1) is 0 Å². The van der Waals surface area contributed by atoms with Crippen LogP contribution in [0.4, 0.5) is 4.79 Å². The number of urea groups is 1. The number of benzene rings is 1. The number of carbonyl (C=O) groups is 1. The zero-order valence-corrected chi connectivity index (χ0v) is 10.3. The first-order chi connectivity index (χ1) is 8.25. The molecule has 0 unspecified atom stereocenters. The maximum Gasteiger partial charge on any atom is 0.321 e. The van der Waals surface area contributed by atoms with E-state index >= 15 is 0 Å². The van der Waals surface area contributed by atoms with Gasteiger partial charge in [-0.05, 0) is 36.6 Å². The Hall–Kier alpha value is -1.48. The highest BCUT2D eigenvalue weighted by Gasteiger charge is 2.15. The van der Waals surface area contributed by atoms with Gasteiger partial charge in [0.1, 0.15) is 0 Å². The molecule has 0 aliphatic carbocycles. The second kappa shape index (κ2) is 5.73. The van der Waals surface area contributed by atoms with Crippen molar-refractivity contribution >= 4 is 23.7 Å². The second-order valence-electron chi connectivity index (χ2n) is 4.03. The number of hydrogen-bond acceptors (Lipinski definition) is 1. The lowest BCUT2D eigenvalue weighted by Gasteiger charge is -2.13. The van der Waals surface area contributed by atoms with E-state index in [0.717, 1.165) is 31.5 Å². The maximum absolute atomic E-state index is 11.6. The largest absolute Gasteiger partial charge is 0.325 e. The van der Waals surface area contributed by atoms with Crippen molar-refractivity contribution in [3.8, 4) is 0 Å². The molecule has 0 spiro atoms. The quantitative estimate of drug-likeness (QED) is 0.860. The van der Waals surface area contributed by atoms with E-state index in [4.69, 9.17) is 11.6 Å². The van der Waals surface area contributed by atoms with Gasteiger partial charge in [-0.25, -0.2) is 4.79 Å². The molecular formula is C13H15ClN2O. The monoisotopic (exact) mass is 250 g/mol. The summed E-state index contributed by atoms with van der Waals surface area (Å²) in [7, 11) is 0. The topological polar surface area (TPSA) is 32.3 Å². The molecule has 1 aliphatic heterocycles. The Balaban J connectivity index is 1.84. The lowest BCUT2D eigenvalue weighted by atomic mass is 10.2. The van der Waals surface area contributed by atoms with Crippen molar-refractivity contribution in [1.82, 2.24) is 10.2 Å². The van der Waals surface area contributed by atoms with Gasteiger partial charge in [-0.1, -0.05) is 23.7 Å². The molecule has 17 heavy (non-hydrogen) atoms. The average Bonchev–Trinajstić information content (AvgIpc) is 2.85. The molecule has 1 fully saturated rings. The third-order valence-corrected chi connectivity index (χ3v) is 3.00. The van der Waals surface area contributed by atoms with E-state index in [1.165, 1.54) is 0 Å². The van der Waals surface area contributed by atoms with Crippen molar-refractivity contribution in [1.29, 1.82) is 0 Å². The van der Waals surface area contributed by atoms with Crippen molar-refractivity contribution in [3.63, 3.8) is 0 Å². The van der Waals surface area contributed by atoms with Crippen LogP contribution in [0.15, 0.2) is 30.5 Å². The van der Waals surface area contributed by atoms with Crippen LogP contribution in [0.1, 0.15) is 18.4 Å². The van der Waals surface area contributed by atoms with Crippen molar-refractivity contribution in [2.75, 3.05) is 13.1 Å². The minimum atomic E-state index is -0.0206. The number of hydrogen-bond donors (Lipinski definition) is 1. The van der Waals surface area contributed by atoms with Crippen molar-refractivity contribution in [2.45, 2.75) is 12.8 Å². The molecule has 1 aliphatic rings. The van der Waals surface area contributed by atoms with Crippen molar-refractivity contribution < 1.29 is 4.79 Å². The van der Waals surface area contributed by atoms with Crippen LogP contribution in [0.5, 0.6) is 0 Å². The number of nitrogens with one attached hydrogen (secondary N) is 1. The highest BCUT2D eigenvalue weighted by molar-refractivity contribution is 6.30. The molecule has 0 bridgehead atoms. The highest BCUT2D eigenvalue weighted by Crippen LogP contribution is 2.10. The number of rotatable bonds is 2. The van der Waals surface area contributed by atoms with Crippen LogP contribution in [0.2, 0.25) is 5.02 Å². The van der Waals surface area contributed by atoms with Crippen molar-refractivity contribution in [3.05, 3.63) is 41.1 Å². The molecular weight excluding hydrogens is 236 g/mol. The van der Waals surface area contributed by atoms with Crippen LogP contribution in [-0.4, -0.2) is 24.0 Å². The van der Waals surface area contributed by atoms with Gasteiger partial charge in [0.15, 0.2) is 0 Å². The Morgan fingerprint density at radius 1 is 1.24 bits per heavy atom. The Morgan fingerprint density at radius 3 is 2.53 bits per heavy atom. The molecule has 0 aromatic heterocycles. The zero-order valence-electron chi connectivity index (χ0n) is 9.53. The van der Waals surface area contributed by atoms with Crippen LogP contribution < -0.4 is 5.32 Å². The van der Waals surface area contributed by atoms with E-state index in [0.29, 0.717) is 5.02 Å². The van der Waals surface area contributed by atoms with Crippen molar-refractivity contribution in [2.24, 2.45) is 0 Å². The lowest BCUT2D eigenvalue weighted by Crippen LogP contribution is -2.34. The van der Waals surface area contributed by atoms with Gasteiger partial charge < -0.3 is 10.2 Å². The van der Waals surface area contributed by atoms with E-state index in [-0.39, 0.29) is 6.03 Å². The smallest absolute Gasteiger partial charge is 0.321 e. The average molecular weight is 251 g/mol. The summed E-state index contributed by atoms with van der Waals surface area (Å²) in [6, 6.07) is 7.43.